The van der Waals surface area contributed by atoms with Crippen LogP contribution in [0.3, 0.4) is 0 Å². The molecular formula is C9H5Br2F5. The molecule has 0 heterocycles. The summed E-state index contributed by atoms with van der Waals surface area (Å²) in [6, 6.07) is 6.20. The molecule has 7 heteroatoms. The third kappa shape index (κ3) is 2.25. The molecule has 0 fully saturated rings. The van der Waals surface area contributed by atoms with Crippen molar-refractivity contribution in [3.8, 4) is 0 Å². The molecule has 0 aliphatic carbocycles. The van der Waals surface area contributed by atoms with Crippen molar-refractivity contribution in [1.82, 2.24) is 0 Å². The molecule has 0 radical (unpaired) electrons. The SMILES string of the molecule is FC(F)(F)[C@](F)(Br)[C@@](F)(Br)c1ccccc1. The summed E-state index contributed by atoms with van der Waals surface area (Å²) in [5, 5.41) is 0. The molecule has 0 saturated carbocycles. The summed E-state index contributed by atoms with van der Waals surface area (Å²) in [5.74, 6) is 0. The van der Waals surface area contributed by atoms with Crippen LogP contribution in [-0.2, 0) is 4.58 Å². The zero-order chi connectivity index (χ0) is 12.6. The summed E-state index contributed by atoms with van der Waals surface area (Å²) in [6.07, 6.45) is -5.39. The Balaban J connectivity index is 3.22. The molecule has 1 aromatic carbocycles. The molecule has 1 aromatic rings. The molecule has 2 atom stereocenters. The molecule has 0 aliphatic rings. The second-order valence-corrected chi connectivity index (χ2v) is 5.20. The maximum Gasteiger partial charge on any atom is 0.437 e. The van der Waals surface area contributed by atoms with Crippen LogP contribution in [0.2, 0.25) is 0 Å². The van der Waals surface area contributed by atoms with Gasteiger partial charge in [-0.15, -0.1) is 0 Å². The van der Waals surface area contributed by atoms with Crippen molar-refractivity contribution in [1.29, 1.82) is 0 Å². The minimum Gasteiger partial charge on any atom is -0.221 e. The molecule has 90 valence electrons. The first-order valence-electron chi connectivity index (χ1n) is 3.98. The number of hydrogen-bond acceptors (Lipinski definition) is 0. The van der Waals surface area contributed by atoms with Crippen molar-refractivity contribution in [2.24, 2.45) is 0 Å². The average Bonchev–Trinajstić information content (AvgIpc) is 2.17. The Morgan fingerprint density at radius 3 is 1.62 bits per heavy atom. The van der Waals surface area contributed by atoms with E-state index in [9.17, 15) is 22.0 Å². The van der Waals surface area contributed by atoms with E-state index in [4.69, 9.17) is 0 Å². The molecule has 1 rings (SSSR count). The number of halogens is 7. The smallest absolute Gasteiger partial charge is 0.221 e. The van der Waals surface area contributed by atoms with Crippen LogP contribution in [0, 0.1) is 0 Å². The summed E-state index contributed by atoms with van der Waals surface area (Å²) in [4.78, 5) is 0. The van der Waals surface area contributed by atoms with E-state index in [-0.39, 0.29) is 0 Å². The van der Waals surface area contributed by atoms with Gasteiger partial charge in [-0.3, -0.25) is 0 Å². The van der Waals surface area contributed by atoms with Gasteiger partial charge in [0.2, 0.25) is 4.58 Å². The van der Waals surface area contributed by atoms with Gasteiger partial charge in [-0.2, -0.15) is 13.2 Å². The average molecular weight is 368 g/mol. The van der Waals surface area contributed by atoms with Gasteiger partial charge < -0.3 is 0 Å². The Kier molecular flexibility index (Phi) is 3.69. The zero-order valence-corrected chi connectivity index (χ0v) is 10.7. The lowest BCUT2D eigenvalue weighted by Crippen LogP contribution is -2.47. The molecule has 0 unspecified atom stereocenters. The lowest BCUT2D eigenvalue weighted by atomic mass is 10.1. The Hall–Kier alpha value is -0.170. The van der Waals surface area contributed by atoms with Gasteiger partial charge in [0.1, 0.15) is 0 Å². The highest BCUT2D eigenvalue weighted by Gasteiger charge is 2.68. The van der Waals surface area contributed by atoms with E-state index < -0.39 is 20.9 Å². The molecule has 0 aliphatic heterocycles. The molecule has 0 saturated heterocycles. The van der Waals surface area contributed by atoms with E-state index in [2.05, 4.69) is 15.9 Å². The molecule has 0 amide bonds. The van der Waals surface area contributed by atoms with Gasteiger partial charge in [0, 0.05) is 5.56 Å². The summed E-state index contributed by atoms with van der Waals surface area (Å²) < 4.78 is 56.7. The van der Waals surface area contributed by atoms with Crippen LogP contribution in [0.5, 0.6) is 0 Å². The largest absolute Gasteiger partial charge is 0.437 e. The Labute approximate surface area is 105 Å². The summed E-state index contributed by atoms with van der Waals surface area (Å²) in [6.45, 7) is 0. The van der Waals surface area contributed by atoms with E-state index in [0.717, 1.165) is 12.1 Å². The van der Waals surface area contributed by atoms with Crippen molar-refractivity contribution in [3.05, 3.63) is 35.9 Å². The molecule has 0 N–H and O–H groups in total. The van der Waals surface area contributed by atoms with Crippen molar-refractivity contribution in [2.75, 3.05) is 0 Å². The van der Waals surface area contributed by atoms with Crippen LogP contribution in [0.25, 0.3) is 0 Å². The first kappa shape index (κ1) is 13.9. The minimum atomic E-state index is -5.39. The predicted molar refractivity (Wildman–Crippen MR) is 57.0 cm³/mol. The normalized spacial score (nSPS) is 19.9. The van der Waals surface area contributed by atoms with E-state index in [1.807, 2.05) is 0 Å². The maximum atomic E-state index is 13.9. The molecule has 16 heavy (non-hydrogen) atoms. The van der Waals surface area contributed by atoms with E-state index in [1.54, 1.807) is 15.9 Å². The maximum absolute atomic E-state index is 13.9. The van der Waals surface area contributed by atoms with Crippen LogP contribution in [-0.4, -0.2) is 10.8 Å². The van der Waals surface area contributed by atoms with Crippen molar-refractivity contribution < 1.29 is 22.0 Å². The van der Waals surface area contributed by atoms with Crippen molar-refractivity contribution in [3.63, 3.8) is 0 Å². The standard InChI is InChI=1S/C9H5Br2F5/c10-7(12,6-4-2-1-3-5-6)8(11,13)9(14,15)16/h1-5H/t7-,8+/m1/s1. The van der Waals surface area contributed by atoms with Gasteiger partial charge >= 0.3 is 10.8 Å². The number of alkyl halides is 7. The van der Waals surface area contributed by atoms with Gasteiger partial charge in [-0.05, 0) is 31.9 Å². The number of hydrogen-bond donors (Lipinski definition) is 0. The molecule has 0 nitrogen and oxygen atoms in total. The molecule has 0 spiro atoms. The Morgan fingerprint density at radius 1 is 0.812 bits per heavy atom. The van der Waals surface area contributed by atoms with Crippen LogP contribution in [0.1, 0.15) is 5.56 Å². The Bertz CT molecular complexity index is 358. The van der Waals surface area contributed by atoms with Crippen molar-refractivity contribution in [2.45, 2.75) is 15.3 Å². The monoisotopic (exact) mass is 366 g/mol. The second-order valence-electron chi connectivity index (χ2n) is 3.01. The fourth-order valence-electron chi connectivity index (χ4n) is 1.01. The van der Waals surface area contributed by atoms with Crippen LogP contribution >= 0.6 is 31.9 Å². The van der Waals surface area contributed by atoms with E-state index in [0.29, 0.717) is 0 Å². The summed E-state index contributed by atoms with van der Waals surface area (Å²) in [5.41, 5.74) is -0.466. The van der Waals surface area contributed by atoms with Crippen LogP contribution in [0.4, 0.5) is 22.0 Å². The van der Waals surface area contributed by atoms with E-state index >= 15 is 0 Å². The topological polar surface area (TPSA) is 0 Å². The van der Waals surface area contributed by atoms with Gasteiger partial charge in [0.05, 0.1) is 0 Å². The lowest BCUT2D eigenvalue weighted by molar-refractivity contribution is -0.214. The quantitative estimate of drug-likeness (QED) is 0.519. The molecule has 0 bridgehead atoms. The third-order valence-corrected chi connectivity index (χ3v) is 4.42. The fraction of sp³-hybridized carbons (Fsp3) is 0.333. The highest BCUT2D eigenvalue weighted by Crippen LogP contribution is 2.56. The minimum absolute atomic E-state index is 0.466. The van der Waals surface area contributed by atoms with Gasteiger partial charge in [-0.25, -0.2) is 8.78 Å². The first-order chi connectivity index (χ1) is 7.11. The fourth-order valence-corrected chi connectivity index (χ4v) is 1.72. The van der Waals surface area contributed by atoms with Crippen LogP contribution < -0.4 is 0 Å². The molecule has 0 aromatic heterocycles. The Morgan fingerprint density at radius 2 is 1.25 bits per heavy atom. The van der Waals surface area contributed by atoms with Gasteiger partial charge in [-0.1, -0.05) is 30.3 Å². The highest BCUT2D eigenvalue weighted by atomic mass is 79.9. The number of benzene rings is 1. The summed E-state index contributed by atoms with van der Waals surface area (Å²) >= 11 is 3.89. The second kappa shape index (κ2) is 4.25. The van der Waals surface area contributed by atoms with Gasteiger partial charge in [0.15, 0.2) is 0 Å². The lowest BCUT2D eigenvalue weighted by Gasteiger charge is -2.32. The van der Waals surface area contributed by atoms with Crippen molar-refractivity contribution >= 4 is 31.9 Å². The zero-order valence-electron chi connectivity index (χ0n) is 7.53. The van der Waals surface area contributed by atoms with Gasteiger partial charge in [0.25, 0.3) is 0 Å². The summed E-state index contributed by atoms with van der Waals surface area (Å²) in [7, 11) is 0. The third-order valence-electron chi connectivity index (χ3n) is 1.89. The highest BCUT2D eigenvalue weighted by molar-refractivity contribution is 9.12. The van der Waals surface area contributed by atoms with Crippen LogP contribution in [0.15, 0.2) is 30.3 Å². The first-order valence-corrected chi connectivity index (χ1v) is 5.57. The molecular weight excluding hydrogens is 363 g/mol. The van der Waals surface area contributed by atoms with E-state index in [1.165, 1.54) is 18.2 Å². The number of rotatable bonds is 2. The predicted octanol–water partition coefficient (Wildman–Crippen LogP) is 4.83.